The first-order valence-electron chi connectivity index (χ1n) is 7.32. The number of hydrogen-bond donors (Lipinski definition) is 1. The maximum atomic E-state index is 14.1. The summed E-state index contributed by atoms with van der Waals surface area (Å²) < 4.78 is 19.6. The Morgan fingerprint density at radius 2 is 2.00 bits per heavy atom. The van der Waals surface area contributed by atoms with Crippen molar-refractivity contribution in [3.8, 4) is 16.9 Å². The molecule has 2 aromatic rings. The highest BCUT2D eigenvalue weighted by Gasteiger charge is 2.06. The van der Waals surface area contributed by atoms with Crippen LogP contribution in [-0.4, -0.2) is 18.1 Å². The third-order valence-corrected chi connectivity index (χ3v) is 3.14. The molecule has 0 atom stereocenters. The van der Waals surface area contributed by atoms with E-state index in [0.717, 1.165) is 24.1 Å². The average Bonchev–Trinajstić information content (AvgIpc) is 2.52. The molecule has 0 aliphatic carbocycles. The molecule has 3 nitrogen and oxygen atoms in total. The van der Waals surface area contributed by atoms with Crippen LogP contribution in [0.5, 0.6) is 5.75 Å². The van der Waals surface area contributed by atoms with Gasteiger partial charge in [-0.1, -0.05) is 26.0 Å². The Bertz CT molecular complexity index is 587. The summed E-state index contributed by atoms with van der Waals surface area (Å²) in [5.74, 6) is 0.514. The number of benzene rings is 1. The average molecular weight is 288 g/mol. The van der Waals surface area contributed by atoms with E-state index in [1.807, 2.05) is 25.1 Å². The fourth-order valence-corrected chi connectivity index (χ4v) is 2.01. The zero-order valence-corrected chi connectivity index (χ0v) is 12.5. The van der Waals surface area contributed by atoms with Crippen LogP contribution in [0.15, 0.2) is 36.7 Å². The normalized spacial score (nSPS) is 10.6. The highest BCUT2D eigenvalue weighted by Crippen LogP contribution is 2.24. The van der Waals surface area contributed by atoms with E-state index in [-0.39, 0.29) is 5.82 Å². The van der Waals surface area contributed by atoms with Gasteiger partial charge < -0.3 is 10.1 Å². The number of halogens is 1. The van der Waals surface area contributed by atoms with E-state index in [4.69, 9.17) is 4.74 Å². The van der Waals surface area contributed by atoms with Crippen molar-refractivity contribution in [2.75, 3.05) is 13.2 Å². The highest BCUT2D eigenvalue weighted by molar-refractivity contribution is 5.64. The van der Waals surface area contributed by atoms with Crippen LogP contribution in [0.3, 0.4) is 0 Å². The monoisotopic (exact) mass is 288 g/mol. The van der Waals surface area contributed by atoms with Gasteiger partial charge in [-0.3, -0.25) is 4.98 Å². The molecule has 0 aliphatic heterocycles. The predicted octanol–water partition coefficient (Wildman–Crippen LogP) is 3.79. The number of pyridine rings is 1. The van der Waals surface area contributed by atoms with Crippen LogP contribution in [0.2, 0.25) is 0 Å². The SMILES string of the molecule is CCCOc1cncc(-c2ccc(CNCC)c(F)c2)c1. The van der Waals surface area contributed by atoms with Gasteiger partial charge in [-0.2, -0.15) is 0 Å². The number of ether oxygens (including phenoxy) is 1. The molecule has 0 aliphatic rings. The second-order valence-electron chi connectivity index (χ2n) is 4.84. The van der Waals surface area contributed by atoms with Crippen molar-refractivity contribution < 1.29 is 9.13 Å². The minimum atomic E-state index is -0.201. The van der Waals surface area contributed by atoms with Gasteiger partial charge in [-0.05, 0) is 30.7 Å². The van der Waals surface area contributed by atoms with Crippen LogP contribution in [0.1, 0.15) is 25.8 Å². The molecule has 1 aromatic carbocycles. The summed E-state index contributed by atoms with van der Waals surface area (Å²) >= 11 is 0. The molecular formula is C17H21FN2O. The fraction of sp³-hybridized carbons (Fsp3) is 0.353. The van der Waals surface area contributed by atoms with Crippen LogP contribution < -0.4 is 10.1 Å². The van der Waals surface area contributed by atoms with Crippen molar-refractivity contribution in [3.63, 3.8) is 0 Å². The molecule has 0 radical (unpaired) electrons. The van der Waals surface area contributed by atoms with Crippen LogP contribution >= 0.6 is 0 Å². The van der Waals surface area contributed by atoms with E-state index in [9.17, 15) is 4.39 Å². The van der Waals surface area contributed by atoms with Crippen LogP contribution in [0, 0.1) is 5.82 Å². The summed E-state index contributed by atoms with van der Waals surface area (Å²) in [7, 11) is 0. The summed E-state index contributed by atoms with van der Waals surface area (Å²) in [6, 6.07) is 7.16. The second-order valence-corrected chi connectivity index (χ2v) is 4.84. The van der Waals surface area contributed by atoms with Gasteiger partial charge in [0.25, 0.3) is 0 Å². The first-order chi connectivity index (χ1) is 10.2. The zero-order valence-electron chi connectivity index (χ0n) is 12.5. The molecule has 1 N–H and O–H groups in total. The molecule has 0 saturated heterocycles. The molecule has 0 spiro atoms. The maximum Gasteiger partial charge on any atom is 0.138 e. The van der Waals surface area contributed by atoms with Crippen molar-refractivity contribution in [1.29, 1.82) is 0 Å². The first-order valence-corrected chi connectivity index (χ1v) is 7.32. The second kappa shape index (κ2) is 7.74. The largest absolute Gasteiger partial charge is 0.492 e. The summed E-state index contributed by atoms with van der Waals surface area (Å²) in [6.07, 6.45) is 4.34. The van der Waals surface area contributed by atoms with Gasteiger partial charge in [0, 0.05) is 23.9 Å². The van der Waals surface area contributed by atoms with E-state index in [1.54, 1.807) is 18.5 Å². The number of nitrogens with zero attached hydrogens (tertiary/aromatic N) is 1. The Morgan fingerprint density at radius 3 is 2.71 bits per heavy atom. The highest BCUT2D eigenvalue weighted by atomic mass is 19.1. The lowest BCUT2D eigenvalue weighted by molar-refractivity contribution is 0.316. The third kappa shape index (κ3) is 4.26. The van der Waals surface area contributed by atoms with Crippen LogP contribution in [0.4, 0.5) is 4.39 Å². The lowest BCUT2D eigenvalue weighted by Gasteiger charge is -2.09. The van der Waals surface area contributed by atoms with Crippen molar-refractivity contribution >= 4 is 0 Å². The quantitative estimate of drug-likeness (QED) is 0.841. The molecule has 4 heteroatoms. The van der Waals surface area contributed by atoms with E-state index < -0.39 is 0 Å². The Labute approximate surface area is 125 Å². The topological polar surface area (TPSA) is 34.1 Å². The van der Waals surface area contributed by atoms with Crippen molar-refractivity contribution in [2.45, 2.75) is 26.8 Å². The Kier molecular flexibility index (Phi) is 5.69. The van der Waals surface area contributed by atoms with Crippen molar-refractivity contribution in [3.05, 3.63) is 48.0 Å². The molecule has 0 bridgehead atoms. The van der Waals surface area contributed by atoms with Gasteiger partial charge in [0.15, 0.2) is 0 Å². The molecular weight excluding hydrogens is 267 g/mol. The summed E-state index contributed by atoms with van der Waals surface area (Å²) in [6.45, 7) is 6.07. The molecule has 21 heavy (non-hydrogen) atoms. The first kappa shape index (κ1) is 15.4. The predicted molar refractivity (Wildman–Crippen MR) is 82.8 cm³/mol. The van der Waals surface area contributed by atoms with Crippen LogP contribution in [0.25, 0.3) is 11.1 Å². The van der Waals surface area contributed by atoms with Gasteiger partial charge >= 0.3 is 0 Å². The minimum Gasteiger partial charge on any atom is -0.492 e. The Morgan fingerprint density at radius 1 is 1.14 bits per heavy atom. The Hall–Kier alpha value is -1.94. The van der Waals surface area contributed by atoms with Gasteiger partial charge in [-0.25, -0.2) is 4.39 Å². The number of hydrogen-bond acceptors (Lipinski definition) is 3. The number of aromatic nitrogens is 1. The smallest absolute Gasteiger partial charge is 0.138 e. The number of nitrogens with one attached hydrogen (secondary N) is 1. The molecule has 0 amide bonds. The van der Waals surface area contributed by atoms with E-state index in [2.05, 4.69) is 17.2 Å². The molecule has 0 saturated carbocycles. The van der Waals surface area contributed by atoms with Gasteiger partial charge in [0.1, 0.15) is 11.6 Å². The maximum absolute atomic E-state index is 14.1. The zero-order chi connectivity index (χ0) is 15.1. The summed E-state index contributed by atoms with van der Waals surface area (Å²) in [5.41, 5.74) is 2.34. The molecule has 0 fully saturated rings. The fourth-order valence-electron chi connectivity index (χ4n) is 2.01. The summed E-state index contributed by atoms with van der Waals surface area (Å²) in [5, 5.41) is 3.12. The lowest BCUT2D eigenvalue weighted by Crippen LogP contribution is -2.12. The molecule has 1 aromatic heterocycles. The van der Waals surface area contributed by atoms with Crippen molar-refractivity contribution in [1.82, 2.24) is 10.3 Å². The summed E-state index contributed by atoms with van der Waals surface area (Å²) in [4.78, 5) is 4.16. The lowest BCUT2D eigenvalue weighted by atomic mass is 10.0. The molecule has 2 rings (SSSR count). The Balaban J connectivity index is 2.19. The third-order valence-electron chi connectivity index (χ3n) is 3.14. The van der Waals surface area contributed by atoms with Gasteiger partial charge in [0.05, 0.1) is 12.8 Å². The minimum absolute atomic E-state index is 0.201. The molecule has 0 unspecified atom stereocenters. The van der Waals surface area contributed by atoms with Crippen molar-refractivity contribution in [2.24, 2.45) is 0 Å². The van der Waals surface area contributed by atoms with E-state index in [1.165, 1.54) is 0 Å². The van der Waals surface area contributed by atoms with E-state index in [0.29, 0.717) is 24.5 Å². The van der Waals surface area contributed by atoms with E-state index >= 15 is 0 Å². The van der Waals surface area contributed by atoms with Crippen LogP contribution in [-0.2, 0) is 6.54 Å². The molecule has 1 heterocycles. The van der Waals surface area contributed by atoms with Gasteiger partial charge in [-0.15, -0.1) is 0 Å². The standard InChI is InChI=1S/C17H21FN2O/c1-3-7-21-16-8-15(11-20-12-16)13-5-6-14(10-19-4-2)17(18)9-13/h5-6,8-9,11-12,19H,3-4,7,10H2,1-2H3. The number of rotatable bonds is 7. The molecule has 112 valence electrons. The van der Waals surface area contributed by atoms with Gasteiger partial charge in [0.2, 0.25) is 0 Å².